The minimum absolute atomic E-state index is 0.140. The smallest absolute Gasteiger partial charge is 0.396 e. The Balaban J connectivity index is 2.34. The summed E-state index contributed by atoms with van der Waals surface area (Å²) < 4.78 is 4.29. The lowest BCUT2D eigenvalue weighted by Crippen LogP contribution is -2.52. The Kier molecular flexibility index (Phi) is 2.90. The van der Waals surface area contributed by atoms with E-state index in [2.05, 4.69) is 23.9 Å². The van der Waals surface area contributed by atoms with Crippen LogP contribution in [0.3, 0.4) is 0 Å². The Bertz CT molecular complexity index is 227. The van der Waals surface area contributed by atoms with Crippen LogP contribution in [0.15, 0.2) is 0 Å². The summed E-state index contributed by atoms with van der Waals surface area (Å²) in [6.07, 6.45) is 0.948. The molecule has 1 rings (SSSR count). The van der Waals surface area contributed by atoms with Gasteiger partial charge in [0.05, 0.1) is 7.11 Å². The van der Waals surface area contributed by atoms with Gasteiger partial charge in [-0.2, -0.15) is 0 Å². The van der Waals surface area contributed by atoms with Crippen LogP contribution in [0.4, 0.5) is 0 Å². The molecule has 0 aromatic carbocycles. The van der Waals surface area contributed by atoms with Crippen LogP contribution in [-0.2, 0) is 14.3 Å². The second kappa shape index (κ2) is 3.77. The third-order valence-corrected chi connectivity index (χ3v) is 2.85. The molecule has 1 aliphatic carbocycles. The summed E-state index contributed by atoms with van der Waals surface area (Å²) in [5, 5.41) is 2.63. The van der Waals surface area contributed by atoms with E-state index in [0.717, 1.165) is 6.42 Å². The van der Waals surface area contributed by atoms with Crippen LogP contribution >= 0.6 is 0 Å². The zero-order chi connectivity index (χ0) is 10.0. The van der Waals surface area contributed by atoms with E-state index in [9.17, 15) is 9.59 Å². The molecule has 4 nitrogen and oxygen atoms in total. The van der Waals surface area contributed by atoms with Gasteiger partial charge in [0, 0.05) is 6.04 Å². The van der Waals surface area contributed by atoms with Gasteiger partial charge in [0.2, 0.25) is 0 Å². The standard InChI is InChI=1S/C9H15NO3/c1-5-4-7(6(5)2)10-8(11)9(12)13-3/h5-7H,4H2,1-3H3,(H,10,11). The molecule has 0 spiro atoms. The summed E-state index contributed by atoms with van der Waals surface area (Å²) in [4.78, 5) is 21.8. The molecule has 1 N–H and O–H groups in total. The lowest BCUT2D eigenvalue weighted by molar-refractivity contribution is -0.153. The van der Waals surface area contributed by atoms with Crippen LogP contribution in [0.2, 0.25) is 0 Å². The highest BCUT2D eigenvalue weighted by Gasteiger charge is 2.36. The summed E-state index contributed by atoms with van der Waals surface area (Å²) in [5.74, 6) is -0.366. The first-order valence-corrected chi connectivity index (χ1v) is 4.45. The monoisotopic (exact) mass is 185 g/mol. The fourth-order valence-corrected chi connectivity index (χ4v) is 1.54. The van der Waals surface area contributed by atoms with E-state index in [-0.39, 0.29) is 6.04 Å². The second-order valence-corrected chi connectivity index (χ2v) is 3.64. The van der Waals surface area contributed by atoms with Crippen LogP contribution in [0.25, 0.3) is 0 Å². The molecular weight excluding hydrogens is 170 g/mol. The molecular formula is C9H15NO3. The fraction of sp³-hybridized carbons (Fsp3) is 0.778. The highest BCUT2D eigenvalue weighted by molar-refractivity contribution is 6.32. The Morgan fingerprint density at radius 3 is 2.38 bits per heavy atom. The fourth-order valence-electron chi connectivity index (χ4n) is 1.54. The SMILES string of the molecule is COC(=O)C(=O)NC1CC(C)C1C. The van der Waals surface area contributed by atoms with Crippen molar-refractivity contribution in [3.63, 3.8) is 0 Å². The third-order valence-electron chi connectivity index (χ3n) is 2.85. The molecule has 0 aromatic rings. The summed E-state index contributed by atoms with van der Waals surface area (Å²) in [5.41, 5.74) is 0. The molecule has 0 heterocycles. The molecule has 1 fully saturated rings. The van der Waals surface area contributed by atoms with Crippen molar-refractivity contribution in [2.75, 3.05) is 7.11 Å². The topological polar surface area (TPSA) is 55.4 Å². The Labute approximate surface area is 77.6 Å². The van der Waals surface area contributed by atoms with Crippen LogP contribution in [0, 0.1) is 11.8 Å². The number of hydrogen-bond donors (Lipinski definition) is 1. The van der Waals surface area contributed by atoms with Gasteiger partial charge >= 0.3 is 11.9 Å². The van der Waals surface area contributed by atoms with E-state index in [1.807, 2.05) is 0 Å². The maximum Gasteiger partial charge on any atom is 0.396 e. The van der Waals surface area contributed by atoms with E-state index in [1.54, 1.807) is 0 Å². The summed E-state index contributed by atoms with van der Waals surface area (Å²) in [6.45, 7) is 4.20. The van der Waals surface area contributed by atoms with Gasteiger partial charge in [0.1, 0.15) is 0 Å². The van der Waals surface area contributed by atoms with Crippen LogP contribution in [0.5, 0.6) is 0 Å². The van der Waals surface area contributed by atoms with E-state index in [1.165, 1.54) is 7.11 Å². The Morgan fingerprint density at radius 1 is 1.38 bits per heavy atom. The number of carbonyl (C=O) groups is 2. The summed E-state index contributed by atoms with van der Waals surface area (Å²) in [7, 11) is 1.20. The van der Waals surface area contributed by atoms with E-state index >= 15 is 0 Å². The molecule has 3 atom stereocenters. The summed E-state index contributed by atoms with van der Waals surface area (Å²) in [6, 6.07) is 0.140. The van der Waals surface area contributed by atoms with Crippen LogP contribution < -0.4 is 5.32 Å². The zero-order valence-corrected chi connectivity index (χ0v) is 8.16. The second-order valence-electron chi connectivity index (χ2n) is 3.64. The van der Waals surface area contributed by atoms with E-state index < -0.39 is 11.9 Å². The van der Waals surface area contributed by atoms with Gasteiger partial charge in [-0.1, -0.05) is 13.8 Å². The predicted octanol–water partition coefficient (Wildman–Crippen LogP) is 0.320. The van der Waals surface area contributed by atoms with Crippen molar-refractivity contribution in [3.8, 4) is 0 Å². The maximum atomic E-state index is 11.0. The van der Waals surface area contributed by atoms with Gasteiger partial charge in [-0.25, -0.2) is 4.79 Å². The Hall–Kier alpha value is -1.06. The van der Waals surface area contributed by atoms with Crippen LogP contribution in [-0.4, -0.2) is 25.0 Å². The number of methoxy groups -OCH3 is 1. The highest BCUT2D eigenvalue weighted by atomic mass is 16.5. The normalized spacial score (nSPS) is 31.8. The van der Waals surface area contributed by atoms with Crippen molar-refractivity contribution in [2.45, 2.75) is 26.3 Å². The molecule has 3 unspecified atom stereocenters. The third kappa shape index (κ3) is 1.99. The van der Waals surface area contributed by atoms with Crippen LogP contribution in [0.1, 0.15) is 20.3 Å². The van der Waals surface area contributed by atoms with Gasteiger partial charge in [-0.05, 0) is 18.3 Å². The number of ether oxygens (including phenoxy) is 1. The van der Waals surface area contributed by atoms with Gasteiger partial charge in [-0.15, -0.1) is 0 Å². The van der Waals surface area contributed by atoms with Gasteiger partial charge in [0.25, 0.3) is 0 Å². The molecule has 0 saturated heterocycles. The average molecular weight is 185 g/mol. The van der Waals surface area contributed by atoms with Crippen molar-refractivity contribution in [1.29, 1.82) is 0 Å². The highest BCUT2D eigenvalue weighted by Crippen LogP contribution is 2.33. The van der Waals surface area contributed by atoms with Gasteiger partial charge in [0.15, 0.2) is 0 Å². The van der Waals surface area contributed by atoms with Gasteiger partial charge in [-0.3, -0.25) is 4.79 Å². The molecule has 0 bridgehead atoms. The van der Waals surface area contributed by atoms with E-state index in [0.29, 0.717) is 11.8 Å². The first kappa shape index (κ1) is 10.0. The van der Waals surface area contributed by atoms with Crippen molar-refractivity contribution >= 4 is 11.9 Å². The van der Waals surface area contributed by atoms with Gasteiger partial charge < -0.3 is 10.1 Å². The largest absolute Gasteiger partial charge is 0.462 e. The van der Waals surface area contributed by atoms with Crippen molar-refractivity contribution in [2.24, 2.45) is 11.8 Å². The molecule has 13 heavy (non-hydrogen) atoms. The number of nitrogens with one attached hydrogen (secondary N) is 1. The number of hydrogen-bond acceptors (Lipinski definition) is 3. The summed E-state index contributed by atoms with van der Waals surface area (Å²) >= 11 is 0. The first-order valence-electron chi connectivity index (χ1n) is 4.45. The molecule has 4 heteroatoms. The predicted molar refractivity (Wildman–Crippen MR) is 46.9 cm³/mol. The maximum absolute atomic E-state index is 11.0. The Morgan fingerprint density at radius 2 is 2.00 bits per heavy atom. The number of carbonyl (C=O) groups excluding carboxylic acids is 2. The number of esters is 1. The molecule has 1 amide bonds. The number of rotatable bonds is 1. The van der Waals surface area contributed by atoms with Crippen molar-refractivity contribution < 1.29 is 14.3 Å². The number of amides is 1. The molecule has 0 radical (unpaired) electrons. The van der Waals surface area contributed by atoms with Crippen molar-refractivity contribution in [3.05, 3.63) is 0 Å². The first-order chi connectivity index (χ1) is 6.06. The quantitative estimate of drug-likeness (QED) is 0.473. The molecule has 0 aromatic heterocycles. The average Bonchev–Trinajstić information content (AvgIpc) is 2.15. The lowest BCUT2D eigenvalue weighted by atomic mass is 9.71. The minimum atomic E-state index is -0.813. The van der Waals surface area contributed by atoms with Crippen molar-refractivity contribution in [1.82, 2.24) is 5.32 Å². The molecule has 1 aliphatic rings. The molecule has 1 saturated carbocycles. The van der Waals surface area contributed by atoms with E-state index in [4.69, 9.17) is 0 Å². The molecule has 0 aliphatic heterocycles. The zero-order valence-electron chi connectivity index (χ0n) is 8.16. The lowest BCUT2D eigenvalue weighted by Gasteiger charge is -2.40. The molecule has 74 valence electrons. The minimum Gasteiger partial charge on any atom is -0.462 e.